The summed E-state index contributed by atoms with van der Waals surface area (Å²) in [6, 6.07) is 3.98. The van der Waals surface area contributed by atoms with E-state index in [4.69, 9.17) is 5.11 Å². The number of carbonyl (C=O) groups is 2. The van der Waals surface area contributed by atoms with Crippen LogP contribution in [0.1, 0.15) is 24.2 Å². The molecule has 0 atom stereocenters. The predicted octanol–water partition coefficient (Wildman–Crippen LogP) is 0.938. The van der Waals surface area contributed by atoms with Gasteiger partial charge < -0.3 is 20.6 Å². The average Bonchev–Trinajstić information content (AvgIpc) is 2.29. The van der Waals surface area contributed by atoms with E-state index in [2.05, 4.69) is 5.32 Å². The summed E-state index contributed by atoms with van der Waals surface area (Å²) in [5.41, 5.74) is -1.21. The lowest BCUT2D eigenvalue weighted by atomic mass is 9.94. The summed E-state index contributed by atoms with van der Waals surface area (Å²) in [6.07, 6.45) is 0. The number of aromatic hydroxyl groups is 2. The second kappa shape index (κ2) is 4.95. The minimum absolute atomic E-state index is 0.0870. The zero-order valence-corrected chi connectivity index (χ0v) is 10.1. The van der Waals surface area contributed by atoms with Crippen LogP contribution in [0.25, 0.3) is 0 Å². The molecular formula is C12H15NO5. The molecule has 0 saturated carbocycles. The van der Waals surface area contributed by atoms with E-state index in [0.717, 1.165) is 0 Å². The number of para-hydroxylation sites is 1. The van der Waals surface area contributed by atoms with E-state index < -0.39 is 28.8 Å². The second-order valence-corrected chi connectivity index (χ2v) is 4.55. The molecule has 6 heteroatoms. The van der Waals surface area contributed by atoms with Crippen molar-refractivity contribution in [2.24, 2.45) is 5.41 Å². The molecule has 1 aromatic rings. The standard InChI is InChI=1S/C12H15NO5/c1-12(2,11(17)18)6-13-10(16)7-4-3-5-8(14)9(7)15/h3-5,14-15H,6H2,1-2H3,(H,13,16)(H,17,18). The summed E-state index contributed by atoms with van der Waals surface area (Å²) in [6.45, 7) is 2.85. The number of benzene rings is 1. The van der Waals surface area contributed by atoms with E-state index in [0.29, 0.717) is 0 Å². The molecule has 6 nitrogen and oxygen atoms in total. The van der Waals surface area contributed by atoms with Gasteiger partial charge in [-0.25, -0.2) is 0 Å². The molecule has 0 aromatic heterocycles. The Balaban J connectivity index is 2.78. The molecule has 98 valence electrons. The van der Waals surface area contributed by atoms with Crippen molar-refractivity contribution in [3.63, 3.8) is 0 Å². The Hall–Kier alpha value is -2.24. The van der Waals surface area contributed by atoms with E-state index in [1.165, 1.54) is 32.0 Å². The summed E-state index contributed by atoms with van der Waals surface area (Å²) in [7, 11) is 0. The van der Waals surface area contributed by atoms with Crippen LogP contribution in [0.5, 0.6) is 11.5 Å². The third-order valence-corrected chi connectivity index (χ3v) is 2.53. The number of carboxylic acids is 1. The average molecular weight is 253 g/mol. The number of phenols is 2. The molecule has 0 aliphatic rings. The molecule has 0 aliphatic carbocycles. The number of nitrogens with one attached hydrogen (secondary N) is 1. The number of hydrogen-bond acceptors (Lipinski definition) is 4. The van der Waals surface area contributed by atoms with Crippen LogP contribution in [-0.2, 0) is 4.79 Å². The zero-order valence-electron chi connectivity index (χ0n) is 10.1. The smallest absolute Gasteiger partial charge is 0.310 e. The molecule has 1 amide bonds. The fraction of sp³-hybridized carbons (Fsp3) is 0.333. The minimum atomic E-state index is -1.11. The quantitative estimate of drug-likeness (QED) is 0.597. The van der Waals surface area contributed by atoms with E-state index >= 15 is 0 Å². The highest BCUT2D eigenvalue weighted by Gasteiger charge is 2.28. The Morgan fingerprint density at radius 1 is 1.28 bits per heavy atom. The van der Waals surface area contributed by atoms with Crippen molar-refractivity contribution in [3.05, 3.63) is 23.8 Å². The Morgan fingerprint density at radius 2 is 1.89 bits per heavy atom. The summed E-state index contributed by atoms with van der Waals surface area (Å²) >= 11 is 0. The van der Waals surface area contributed by atoms with Crippen molar-refractivity contribution in [2.45, 2.75) is 13.8 Å². The van der Waals surface area contributed by atoms with Gasteiger partial charge in [0.25, 0.3) is 5.91 Å². The highest BCUT2D eigenvalue weighted by molar-refractivity contribution is 5.97. The van der Waals surface area contributed by atoms with Crippen LogP contribution < -0.4 is 5.32 Å². The Bertz CT molecular complexity index is 481. The lowest BCUT2D eigenvalue weighted by Gasteiger charge is -2.19. The molecule has 4 N–H and O–H groups in total. The first-order chi connectivity index (χ1) is 8.25. The van der Waals surface area contributed by atoms with E-state index in [1.807, 2.05) is 0 Å². The summed E-state index contributed by atoms with van der Waals surface area (Å²) in [4.78, 5) is 22.6. The number of carboxylic acid groups (broad SMARTS) is 1. The van der Waals surface area contributed by atoms with Gasteiger partial charge in [0.2, 0.25) is 0 Å². The Kier molecular flexibility index (Phi) is 3.80. The third kappa shape index (κ3) is 2.91. The molecule has 1 rings (SSSR count). The van der Waals surface area contributed by atoms with Crippen molar-refractivity contribution in [1.29, 1.82) is 0 Å². The molecule has 0 radical (unpaired) electrons. The van der Waals surface area contributed by atoms with Gasteiger partial charge in [0.1, 0.15) is 0 Å². The van der Waals surface area contributed by atoms with Crippen LogP contribution in [-0.4, -0.2) is 33.7 Å². The number of hydrogen-bond donors (Lipinski definition) is 4. The SMILES string of the molecule is CC(C)(CNC(=O)c1cccc(O)c1O)C(=O)O. The fourth-order valence-corrected chi connectivity index (χ4v) is 1.19. The zero-order chi connectivity index (χ0) is 13.9. The molecule has 1 aromatic carbocycles. The summed E-state index contributed by atoms with van der Waals surface area (Å²) < 4.78 is 0. The summed E-state index contributed by atoms with van der Waals surface area (Å²) in [5, 5.41) is 30.0. The molecule has 0 fully saturated rings. The van der Waals surface area contributed by atoms with Crippen LogP contribution >= 0.6 is 0 Å². The highest BCUT2D eigenvalue weighted by atomic mass is 16.4. The predicted molar refractivity (Wildman–Crippen MR) is 63.5 cm³/mol. The van der Waals surface area contributed by atoms with Crippen LogP contribution in [0.4, 0.5) is 0 Å². The first-order valence-electron chi connectivity index (χ1n) is 5.28. The molecule has 0 aliphatic heterocycles. The Morgan fingerprint density at radius 3 is 2.44 bits per heavy atom. The van der Waals surface area contributed by atoms with Crippen molar-refractivity contribution >= 4 is 11.9 Å². The number of aliphatic carboxylic acids is 1. The molecule has 0 unspecified atom stereocenters. The molecule has 0 heterocycles. The lowest BCUT2D eigenvalue weighted by Crippen LogP contribution is -2.38. The van der Waals surface area contributed by atoms with Crippen LogP contribution in [0, 0.1) is 5.41 Å². The van der Waals surface area contributed by atoms with Crippen LogP contribution in [0.2, 0.25) is 0 Å². The molecular weight excluding hydrogens is 238 g/mol. The molecule has 0 saturated heterocycles. The van der Waals surface area contributed by atoms with Crippen LogP contribution in [0.3, 0.4) is 0 Å². The van der Waals surface area contributed by atoms with Gasteiger partial charge in [-0.15, -0.1) is 0 Å². The van der Waals surface area contributed by atoms with E-state index in [-0.39, 0.29) is 12.1 Å². The number of rotatable bonds is 4. The van der Waals surface area contributed by atoms with Gasteiger partial charge in [0.05, 0.1) is 11.0 Å². The molecule has 0 bridgehead atoms. The van der Waals surface area contributed by atoms with E-state index in [9.17, 15) is 19.8 Å². The van der Waals surface area contributed by atoms with Gasteiger partial charge in [0, 0.05) is 6.54 Å². The normalized spacial score (nSPS) is 11.0. The summed E-state index contributed by atoms with van der Waals surface area (Å²) in [5.74, 6) is -2.61. The van der Waals surface area contributed by atoms with Gasteiger partial charge in [-0.05, 0) is 26.0 Å². The highest BCUT2D eigenvalue weighted by Crippen LogP contribution is 2.28. The number of amides is 1. The maximum atomic E-state index is 11.7. The van der Waals surface area contributed by atoms with E-state index in [1.54, 1.807) is 0 Å². The van der Waals surface area contributed by atoms with Gasteiger partial charge >= 0.3 is 5.97 Å². The lowest BCUT2D eigenvalue weighted by molar-refractivity contribution is -0.146. The molecule has 18 heavy (non-hydrogen) atoms. The van der Waals surface area contributed by atoms with Gasteiger partial charge in [-0.2, -0.15) is 0 Å². The number of carbonyl (C=O) groups excluding carboxylic acids is 1. The van der Waals surface area contributed by atoms with Gasteiger partial charge in [-0.1, -0.05) is 6.07 Å². The topological polar surface area (TPSA) is 107 Å². The monoisotopic (exact) mass is 253 g/mol. The second-order valence-electron chi connectivity index (χ2n) is 4.55. The van der Waals surface area contributed by atoms with Crippen molar-refractivity contribution in [2.75, 3.05) is 6.54 Å². The minimum Gasteiger partial charge on any atom is -0.504 e. The van der Waals surface area contributed by atoms with Gasteiger partial charge in [0.15, 0.2) is 11.5 Å². The fourth-order valence-electron chi connectivity index (χ4n) is 1.19. The first kappa shape index (κ1) is 13.8. The first-order valence-corrected chi connectivity index (χ1v) is 5.28. The van der Waals surface area contributed by atoms with Crippen molar-refractivity contribution in [1.82, 2.24) is 5.32 Å². The maximum absolute atomic E-state index is 11.7. The van der Waals surface area contributed by atoms with Crippen LogP contribution in [0.15, 0.2) is 18.2 Å². The Labute approximate surface area is 104 Å². The third-order valence-electron chi connectivity index (χ3n) is 2.53. The van der Waals surface area contributed by atoms with Crippen molar-refractivity contribution in [3.8, 4) is 11.5 Å². The largest absolute Gasteiger partial charge is 0.504 e. The molecule has 0 spiro atoms. The van der Waals surface area contributed by atoms with Crippen molar-refractivity contribution < 1.29 is 24.9 Å². The maximum Gasteiger partial charge on any atom is 0.310 e. The van der Waals surface area contributed by atoms with Gasteiger partial charge in [-0.3, -0.25) is 9.59 Å². The number of phenolic OH excluding ortho intramolecular Hbond substituents is 2.